The maximum Gasteiger partial charge on any atom is 0.260 e. The number of carbonyl (C=O) groups is 1. The van der Waals surface area contributed by atoms with Gasteiger partial charge in [-0.25, -0.2) is 9.37 Å². The molecule has 0 fully saturated rings. The first-order valence-corrected chi connectivity index (χ1v) is 7.68. The molecule has 4 N–H and O–H groups in total. The van der Waals surface area contributed by atoms with Gasteiger partial charge in [-0.2, -0.15) is 0 Å². The van der Waals surface area contributed by atoms with E-state index in [1.54, 1.807) is 13.0 Å². The van der Waals surface area contributed by atoms with Crippen molar-refractivity contribution in [2.75, 3.05) is 5.73 Å². The number of carbonyl (C=O) groups excluding carboxylic acids is 1. The summed E-state index contributed by atoms with van der Waals surface area (Å²) in [5, 5.41) is 0.571. The predicted molar refractivity (Wildman–Crippen MR) is 88.8 cm³/mol. The highest BCUT2D eigenvalue weighted by molar-refractivity contribution is 7.21. The van der Waals surface area contributed by atoms with E-state index in [9.17, 15) is 9.18 Å². The van der Waals surface area contributed by atoms with Crippen molar-refractivity contribution in [2.45, 2.75) is 6.92 Å². The Hall–Kier alpha value is -2.38. The fourth-order valence-electron chi connectivity index (χ4n) is 2.12. The van der Waals surface area contributed by atoms with Crippen LogP contribution in [-0.2, 0) is 0 Å². The molecule has 0 aliphatic heterocycles. The largest absolute Gasteiger partial charge is 0.452 e. The Morgan fingerprint density at radius 2 is 2.13 bits per heavy atom. The smallest absolute Gasteiger partial charge is 0.260 e. The van der Waals surface area contributed by atoms with Crippen molar-refractivity contribution in [3.63, 3.8) is 0 Å². The molecule has 3 aromatic rings. The van der Waals surface area contributed by atoms with Crippen molar-refractivity contribution < 1.29 is 13.9 Å². The Balaban J connectivity index is 2.19. The summed E-state index contributed by atoms with van der Waals surface area (Å²) in [7, 11) is 0. The number of nitrogens with two attached hydrogens (primary N) is 2. The normalized spacial score (nSPS) is 10.9. The number of halogens is 2. The number of ether oxygens (including phenoxy) is 1. The zero-order valence-corrected chi connectivity index (χ0v) is 13.5. The average Bonchev–Trinajstić information content (AvgIpc) is 2.86. The monoisotopic (exact) mass is 351 g/mol. The van der Waals surface area contributed by atoms with Gasteiger partial charge in [0.25, 0.3) is 5.91 Å². The molecule has 2 aromatic heterocycles. The number of aromatic nitrogens is 1. The van der Waals surface area contributed by atoms with Crippen LogP contribution in [0, 0.1) is 12.7 Å². The van der Waals surface area contributed by atoms with Gasteiger partial charge in [0.1, 0.15) is 15.5 Å². The van der Waals surface area contributed by atoms with E-state index in [2.05, 4.69) is 4.98 Å². The van der Waals surface area contributed by atoms with Gasteiger partial charge in [-0.05, 0) is 24.6 Å². The maximum absolute atomic E-state index is 14.0. The van der Waals surface area contributed by atoms with Crippen LogP contribution < -0.4 is 16.2 Å². The molecule has 0 aliphatic rings. The van der Waals surface area contributed by atoms with Crippen molar-refractivity contribution in [1.82, 2.24) is 4.98 Å². The first-order valence-electron chi connectivity index (χ1n) is 6.49. The Labute approximate surface area is 139 Å². The number of rotatable bonds is 3. The van der Waals surface area contributed by atoms with E-state index in [1.807, 2.05) is 0 Å². The topological polar surface area (TPSA) is 91.2 Å². The van der Waals surface area contributed by atoms with Crippen LogP contribution >= 0.6 is 22.9 Å². The molecule has 0 aliphatic carbocycles. The number of hydrogen-bond donors (Lipinski definition) is 2. The van der Waals surface area contributed by atoms with Gasteiger partial charge in [-0.1, -0.05) is 17.7 Å². The molecule has 2 heterocycles. The summed E-state index contributed by atoms with van der Waals surface area (Å²) in [4.78, 5) is 16.2. The van der Waals surface area contributed by atoms with Gasteiger partial charge in [-0.15, -0.1) is 11.3 Å². The summed E-state index contributed by atoms with van der Waals surface area (Å²) < 4.78 is 19.7. The lowest BCUT2D eigenvalue weighted by atomic mass is 10.2. The van der Waals surface area contributed by atoms with E-state index in [-0.39, 0.29) is 27.1 Å². The van der Waals surface area contributed by atoms with Crippen LogP contribution in [0.3, 0.4) is 0 Å². The minimum atomic E-state index is -0.656. The van der Waals surface area contributed by atoms with Crippen molar-refractivity contribution >= 4 is 44.7 Å². The number of pyridine rings is 1. The van der Waals surface area contributed by atoms with Gasteiger partial charge < -0.3 is 16.2 Å². The predicted octanol–water partition coefficient (Wildman–Crippen LogP) is 3.87. The number of primary amides is 1. The van der Waals surface area contributed by atoms with E-state index in [0.29, 0.717) is 15.8 Å². The number of fused-ring (bicyclic) bond motifs is 1. The standard InChI is InChI=1S/C15H11ClFN3O2S/c1-6-2-3-7(17)12(10(6)16)22-8-4-5-20-15-9(8)11(18)13(23-15)14(19)21/h2-5H,18H2,1H3,(H2,19,21). The fraction of sp³-hybridized carbons (Fsp3) is 0.0667. The summed E-state index contributed by atoms with van der Waals surface area (Å²) in [5.41, 5.74) is 12.1. The molecule has 0 saturated carbocycles. The van der Waals surface area contributed by atoms with Crippen LogP contribution in [0.4, 0.5) is 10.1 Å². The van der Waals surface area contributed by atoms with Gasteiger partial charge in [0.2, 0.25) is 0 Å². The first kappa shape index (κ1) is 15.5. The van der Waals surface area contributed by atoms with E-state index in [4.69, 9.17) is 27.8 Å². The third-order valence-corrected chi connectivity index (χ3v) is 4.87. The molecule has 0 unspecified atom stereocenters. The minimum absolute atomic E-state index is 0.106. The van der Waals surface area contributed by atoms with E-state index in [0.717, 1.165) is 11.3 Å². The number of hydrogen-bond acceptors (Lipinski definition) is 5. The third kappa shape index (κ3) is 2.58. The van der Waals surface area contributed by atoms with Crippen LogP contribution in [0.1, 0.15) is 15.2 Å². The summed E-state index contributed by atoms with van der Waals surface area (Å²) in [6, 6.07) is 4.34. The first-order chi connectivity index (χ1) is 10.9. The highest BCUT2D eigenvalue weighted by Gasteiger charge is 2.20. The highest BCUT2D eigenvalue weighted by Crippen LogP contribution is 2.42. The Bertz CT molecular complexity index is 942. The molecule has 3 rings (SSSR count). The molecule has 1 aromatic carbocycles. The third-order valence-electron chi connectivity index (χ3n) is 3.27. The van der Waals surface area contributed by atoms with Crippen molar-refractivity contribution in [3.8, 4) is 11.5 Å². The van der Waals surface area contributed by atoms with Crippen molar-refractivity contribution in [2.24, 2.45) is 5.73 Å². The van der Waals surface area contributed by atoms with Gasteiger partial charge in [-0.3, -0.25) is 4.79 Å². The lowest BCUT2D eigenvalue weighted by molar-refractivity contribution is 0.100. The van der Waals surface area contributed by atoms with Crippen LogP contribution in [0.25, 0.3) is 10.2 Å². The Morgan fingerprint density at radius 1 is 1.39 bits per heavy atom. The van der Waals surface area contributed by atoms with Crippen LogP contribution in [0.15, 0.2) is 24.4 Å². The van der Waals surface area contributed by atoms with Crippen molar-refractivity contribution in [3.05, 3.63) is 45.7 Å². The lowest BCUT2D eigenvalue weighted by Crippen LogP contribution is -2.10. The quantitative estimate of drug-likeness (QED) is 0.749. The van der Waals surface area contributed by atoms with Crippen LogP contribution in [0.5, 0.6) is 11.5 Å². The second-order valence-corrected chi connectivity index (χ2v) is 6.18. The Morgan fingerprint density at radius 3 is 2.83 bits per heavy atom. The van der Waals surface area contributed by atoms with Crippen LogP contribution in [-0.4, -0.2) is 10.9 Å². The number of nitrogens with zero attached hydrogens (tertiary/aromatic N) is 1. The fourth-order valence-corrected chi connectivity index (χ4v) is 3.24. The van der Waals surface area contributed by atoms with Crippen LogP contribution in [0.2, 0.25) is 5.02 Å². The Kier molecular flexibility index (Phi) is 3.83. The molecule has 1 amide bonds. The van der Waals surface area contributed by atoms with E-state index >= 15 is 0 Å². The molecular formula is C15H11ClFN3O2S. The molecule has 0 atom stereocenters. The number of benzene rings is 1. The summed E-state index contributed by atoms with van der Waals surface area (Å²) in [5.74, 6) is -1.11. The van der Waals surface area contributed by atoms with Gasteiger partial charge in [0.15, 0.2) is 11.6 Å². The molecule has 0 spiro atoms. The number of anilines is 1. The molecule has 0 bridgehead atoms. The van der Waals surface area contributed by atoms with E-state index in [1.165, 1.54) is 18.3 Å². The molecule has 5 nitrogen and oxygen atoms in total. The molecule has 8 heteroatoms. The number of nitrogen functional groups attached to an aromatic ring is 1. The second kappa shape index (κ2) is 5.68. The average molecular weight is 352 g/mol. The maximum atomic E-state index is 14.0. The SMILES string of the molecule is Cc1ccc(F)c(Oc2ccnc3sc(C(N)=O)c(N)c23)c1Cl. The van der Waals surface area contributed by atoms with Gasteiger partial charge in [0.05, 0.1) is 16.1 Å². The molecule has 0 radical (unpaired) electrons. The highest BCUT2D eigenvalue weighted by atomic mass is 35.5. The minimum Gasteiger partial charge on any atom is -0.452 e. The summed E-state index contributed by atoms with van der Waals surface area (Å²) >= 11 is 7.16. The van der Waals surface area contributed by atoms with Gasteiger partial charge in [0, 0.05) is 6.20 Å². The number of thiophene rings is 1. The second-order valence-electron chi connectivity index (χ2n) is 4.81. The van der Waals surface area contributed by atoms with E-state index < -0.39 is 11.7 Å². The zero-order chi connectivity index (χ0) is 16.7. The zero-order valence-electron chi connectivity index (χ0n) is 11.9. The summed E-state index contributed by atoms with van der Waals surface area (Å²) in [6.07, 6.45) is 1.47. The molecule has 23 heavy (non-hydrogen) atoms. The number of aryl methyl sites for hydroxylation is 1. The molecule has 118 valence electrons. The van der Waals surface area contributed by atoms with Crippen molar-refractivity contribution in [1.29, 1.82) is 0 Å². The summed E-state index contributed by atoms with van der Waals surface area (Å²) in [6.45, 7) is 1.74. The van der Waals surface area contributed by atoms with Gasteiger partial charge >= 0.3 is 0 Å². The molecule has 0 saturated heterocycles. The number of amides is 1. The molecular weight excluding hydrogens is 341 g/mol. The lowest BCUT2D eigenvalue weighted by Gasteiger charge is -2.11.